The van der Waals surface area contributed by atoms with Crippen LogP contribution in [0.1, 0.15) is 13.8 Å². The smallest absolute Gasteiger partial charge is 0.161 e. The number of rotatable bonds is 2. The number of carbonyl (C=O) groups is 1. The maximum absolute atomic E-state index is 10.0. The van der Waals surface area contributed by atoms with E-state index in [9.17, 15) is 10.1 Å². The summed E-state index contributed by atoms with van der Waals surface area (Å²) in [5.41, 5.74) is 0. The molecule has 1 unspecified atom stereocenters. The van der Waals surface area contributed by atoms with Crippen LogP contribution in [0.15, 0.2) is 0 Å². The van der Waals surface area contributed by atoms with E-state index in [2.05, 4.69) is 4.89 Å². The highest BCUT2D eigenvalue weighted by atomic mass is 17.1. The molecule has 0 amide bonds. The Bertz CT molecular complexity index is 69.3. The lowest BCUT2D eigenvalue weighted by molar-refractivity contribution is -0.322. The van der Waals surface area contributed by atoms with Gasteiger partial charge in [-0.2, -0.15) is 4.89 Å². The molecule has 7 heavy (non-hydrogen) atoms. The fourth-order valence-electron chi connectivity index (χ4n) is 0.0678. The van der Waals surface area contributed by atoms with Crippen molar-refractivity contribution in [3.05, 3.63) is 0 Å². The Labute approximate surface area is 41.8 Å². The Morgan fingerprint density at radius 1 is 1.71 bits per heavy atom. The van der Waals surface area contributed by atoms with E-state index in [1.807, 2.05) is 0 Å². The van der Waals surface area contributed by atoms with E-state index in [4.69, 9.17) is 0 Å². The van der Waals surface area contributed by atoms with Gasteiger partial charge in [0.25, 0.3) is 0 Å². The van der Waals surface area contributed by atoms with Gasteiger partial charge in [-0.3, -0.25) is 4.79 Å². The van der Waals surface area contributed by atoms with Crippen LogP contribution < -0.4 is 0 Å². The van der Waals surface area contributed by atoms with Crippen molar-refractivity contribution in [1.82, 2.24) is 0 Å². The summed E-state index contributed by atoms with van der Waals surface area (Å²) in [6.07, 6.45) is -0.792. The lowest BCUT2D eigenvalue weighted by atomic mass is 10.3. The highest BCUT2D eigenvalue weighted by Crippen LogP contribution is 1.86. The van der Waals surface area contributed by atoms with Crippen molar-refractivity contribution in [2.75, 3.05) is 0 Å². The molecular formula is C4H7O3. The van der Waals surface area contributed by atoms with Gasteiger partial charge in [-0.15, -0.1) is 0 Å². The van der Waals surface area contributed by atoms with Crippen LogP contribution in [0.4, 0.5) is 0 Å². The molecule has 0 saturated carbocycles. The summed E-state index contributed by atoms with van der Waals surface area (Å²) in [5.74, 6) is -0.241. The van der Waals surface area contributed by atoms with E-state index in [0.29, 0.717) is 0 Å². The fraction of sp³-hybridized carbons (Fsp3) is 0.750. The van der Waals surface area contributed by atoms with Gasteiger partial charge in [0.05, 0.1) is 0 Å². The summed E-state index contributed by atoms with van der Waals surface area (Å²) in [4.78, 5) is 13.5. The van der Waals surface area contributed by atoms with Crippen LogP contribution >= 0.6 is 0 Å². The second kappa shape index (κ2) is 2.71. The van der Waals surface area contributed by atoms with Gasteiger partial charge in [0.15, 0.2) is 11.9 Å². The molecule has 41 valence electrons. The zero-order valence-corrected chi connectivity index (χ0v) is 4.30. The minimum atomic E-state index is -0.792. The molecule has 0 fully saturated rings. The molecule has 3 heteroatoms. The summed E-state index contributed by atoms with van der Waals surface area (Å²) in [6.45, 7) is 2.72. The SMILES string of the molecule is CC(=O)C(C)O[O]. The van der Waals surface area contributed by atoms with Gasteiger partial charge < -0.3 is 0 Å². The molecule has 1 radical (unpaired) electrons. The standard InChI is InChI=1S/C4H7O3/c1-3(5)4(2)7-6/h4H,1-2H3. The molecule has 3 nitrogen and oxygen atoms in total. The van der Waals surface area contributed by atoms with Crippen LogP contribution in [-0.2, 0) is 14.9 Å². The molecule has 0 rings (SSSR count). The van der Waals surface area contributed by atoms with Crippen LogP contribution in [0.25, 0.3) is 0 Å². The quantitative estimate of drug-likeness (QED) is 0.373. The first kappa shape index (κ1) is 6.59. The first-order chi connectivity index (χ1) is 3.18. The predicted octanol–water partition coefficient (Wildman–Crippen LogP) is 0.326. The molecule has 0 N–H and O–H groups in total. The minimum Gasteiger partial charge on any atom is -0.297 e. The largest absolute Gasteiger partial charge is 0.297 e. The lowest BCUT2D eigenvalue weighted by Crippen LogP contribution is -2.14. The summed E-state index contributed by atoms with van der Waals surface area (Å²) in [6, 6.07) is 0. The minimum absolute atomic E-state index is 0.241. The van der Waals surface area contributed by atoms with Crippen molar-refractivity contribution in [3.63, 3.8) is 0 Å². The van der Waals surface area contributed by atoms with Gasteiger partial charge in [0.1, 0.15) is 0 Å². The van der Waals surface area contributed by atoms with E-state index in [-0.39, 0.29) is 5.78 Å². The zero-order chi connectivity index (χ0) is 5.86. The van der Waals surface area contributed by atoms with Gasteiger partial charge in [0.2, 0.25) is 0 Å². The Balaban J connectivity index is 3.34. The molecule has 0 aromatic heterocycles. The van der Waals surface area contributed by atoms with Crippen molar-refractivity contribution in [2.45, 2.75) is 20.0 Å². The molecule has 0 heterocycles. The van der Waals surface area contributed by atoms with Crippen molar-refractivity contribution in [1.29, 1.82) is 0 Å². The topological polar surface area (TPSA) is 46.2 Å². The predicted molar refractivity (Wildman–Crippen MR) is 21.9 cm³/mol. The van der Waals surface area contributed by atoms with Crippen LogP contribution in [0.3, 0.4) is 0 Å². The first-order valence-electron chi connectivity index (χ1n) is 1.97. The number of carbonyl (C=O) groups excluding carboxylic acids is 1. The zero-order valence-electron chi connectivity index (χ0n) is 4.30. The number of Topliss-reactive ketones (excluding diaryl/α,β-unsaturated/α-hetero) is 1. The number of ketones is 1. The van der Waals surface area contributed by atoms with Crippen LogP contribution in [0, 0.1) is 0 Å². The summed E-state index contributed by atoms with van der Waals surface area (Å²) >= 11 is 0. The molecule has 0 bridgehead atoms. The van der Waals surface area contributed by atoms with Gasteiger partial charge in [0, 0.05) is 0 Å². The van der Waals surface area contributed by atoms with E-state index in [0.717, 1.165) is 0 Å². The second-order valence-electron chi connectivity index (χ2n) is 1.35. The average molecular weight is 103 g/mol. The molecule has 1 atom stereocenters. The molecule has 0 aliphatic heterocycles. The van der Waals surface area contributed by atoms with E-state index >= 15 is 0 Å². The summed E-state index contributed by atoms with van der Waals surface area (Å²) in [5, 5.41) is 9.35. The van der Waals surface area contributed by atoms with Gasteiger partial charge >= 0.3 is 0 Å². The molecule has 0 aromatic carbocycles. The Hall–Kier alpha value is -0.410. The third-order valence-corrected chi connectivity index (χ3v) is 0.717. The molecule has 0 aliphatic carbocycles. The van der Waals surface area contributed by atoms with E-state index in [1.54, 1.807) is 0 Å². The van der Waals surface area contributed by atoms with E-state index in [1.165, 1.54) is 13.8 Å². The highest BCUT2D eigenvalue weighted by molar-refractivity contribution is 5.79. The van der Waals surface area contributed by atoms with Crippen molar-refractivity contribution >= 4 is 5.78 Å². The molecule has 0 aliphatic rings. The molecule has 0 saturated heterocycles. The first-order valence-corrected chi connectivity index (χ1v) is 1.97. The Morgan fingerprint density at radius 3 is 2.14 bits per heavy atom. The second-order valence-corrected chi connectivity index (χ2v) is 1.35. The number of hydrogen-bond donors (Lipinski definition) is 0. The summed E-state index contributed by atoms with van der Waals surface area (Å²) < 4.78 is 0. The van der Waals surface area contributed by atoms with Gasteiger partial charge in [-0.25, -0.2) is 0 Å². The van der Waals surface area contributed by atoms with Gasteiger partial charge in [-0.1, -0.05) is 0 Å². The monoisotopic (exact) mass is 103 g/mol. The van der Waals surface area contributed by atoms with Crippen molar-refractivity contribution in [3.8, 4) is 0 Å². The third-order valence-electron chi connectivity index (χ3n) is 0.717. The normalized spacial score (nSPS) is 13.6. The maximum Gasteiger partial charge on any atom is 0.161 e. The van der Waals surface area contributed by atoms with Gasteiger partial charge in [-0.05, 0) is 19.1 Å². The Kier molecular flexibility index (Phi) is 2.55. The molecule has 0 aromatic rings. The maximum atomic E-state index is 10.0. The van der Waals surface area contributed by atoms with Crippen LogP contribution in [0.5, 0.6) is 0 Å². The number of hydrogen-bond acceptors (Lipinski definition) is 2. The lowest BCUT2D eigenvalue weighted by Gasteiger charge is -1.95. The molecule has 0 spiro atoms. The van der Waals surface area contributed by atoms with Crippen molar-refractivity contribution < 1.29 is 14.9 Å². The third kappa shape index (κ3) is 2.31. The summed E-state index contributed by atoms with van der Waals surface area (Å²) in [7, 11) is 0. The average Bonchev–Trinajstić information content (AvgIpc) is 1.65. The van der Waals surface area contributed by atoms with Crippen LogP contribution in [-0.4, -0.2) is 11.9 Å². The van der Waals surface area contributed by atoms with Crippen LogP contribution in [0.2, 0.25) is 0 Å². The molecular weight excluding hydrogens is 96.0 g/mol. The fourth-order valence-corrected chi connectivity index (χ4v) is 0.0678. The highest BCUT2D eigenvalue weighted by Gasteiger charge is 2.05. The van der Waals surface area contributed by atoms with Crippen molar-refractivity contribution in [2.24, 2.45) is 0 Å². The Morgan fingerprint density at radius 2 is 2.14 bits per heavy atom. The van der Waals surface area contributed by atoms with E-state index < -0.39 is 6.10 Å².